The Labute approximate surface area is 101 Å². The minimum Gasteiger partial charge on any atom is -0.303 e. The van der Waals surface area contributed by atoms with Crippen LogP contribution in [0.3, 0.4) is 0 Å². The van der Waals surface area contributed by atoms with Crippen molar-refractivity contribution < 1.29 is 33.3 Å². The Bertz CT molecular complexity index is 517. The SMILES string of the molecule is O=C1c2ccccc2C(=O)N1OCOP(=O)(O)O. The van der Waals surface area contributed by atoms with E-state index in [4.69, 9.17) is 9.79 Å². The van der Waals surface area contributed by atoms with E-state index >= 15 is 0 Å². The molecule has 8 nitrogen and oxygen atoms in total. The van der Waals surface area contributed by atoms with Gasteiger partial charge in [-0.15, -0.1) is 5.06 Å². The lowest BCUT2D eigenvalue weighted by molar-refractivity contribution is -0.144. The highest BCUT2D eigenvalue weighted by Gasteiger charge is 2.36. The monoisotopic (exact) mass is 273 g/mol. The van der Waals surface area contributed by atoms with Crippen molar-refractivity contribution in [2.75, 3.05) is 6.79 Å². The number of carbonyl (C=O) groups excluding carboxylic acids is 2. The van der Waals surface area contributed by atoms with E-state index in [1.807, 2.05) is 0 Å². The summed E-state index contributed by atoms with van der Waals surface area (Å²) in [5.41, 5.74) is 0.331. The van der Waals surface area contributed by atoms with Crippen LogP contribution in [0.1, 0.15) is 20.7 Å². The minimum atomic E-state index is -4.71. The predicted octanol–water partition coefficient (Wildman–Crippen LogP) is 0.281. The van der Waals surface area contributed by atoms with E-state index in [0.29, 0.717) is 5.06 Å². The molecule has 1 aliphatic rings. The van der Waals surface area contributed by atoms with Crippen molar-refractivity contribution in [3.8, 4) is 0 Å². The van der Waals surface area contributed by atoms with Gasteiger partial charge in [-0.25, -0.2) is 9.40 Å². The van der Waals surface area contributed by atoms with E-state index in [2.05, 4.69) is 9.36 Å². The summed E-state index contributed by atoms with van der Waals surface area (Å²) in [6, 6.07) is 6.06. The molecule has 1 aliphatic heterocycles. The molecule has 2 rings (SSSR count). The number of fused-ring (bicyclic) bond motifs is 1. The normalized spacial score (nSPS) is 15.1. The quantitative estimate of drug-likeness (QED) is 0.460. The van der Waals surface area contributed by atoms with Crippen LogP contribution in [0.15, 0.2) is 24.3 Å². The van der Waals surface area contributed by atoms with Gasteiger partial charge in [-0.05, 0) is 12.1 Å². The number of imide groups is 1. The van der Waals surface area contributed by atoms with E-state index in [-0.39, 0.29) is 11.1 Å². The predicted molar refractivity (Wildman–Crippen MR) is 56.0 cm³/mol. The molecule has 0 fully saturated rings. The van der Waals surface area contributed by atoms with Crippen molar-refractivity contribution in [1.82, 2.24) is 5.06 Å². The van der Waals surface area contributed by atoms with E-state index in [1.54, 1.807) is 12.1 Å². The number of hydrogen-bond acceptors (Lipinski definition) is 5. The average molecular weight is 273 g/mol. The zero-order chi connectivity index (χ0) is 13.3. The number of nitrogens with zero attached hydrogens (tertiary/aromatic N) is 1. The topological polar surface area (TPSA) is 113 Å². The third-order valence-electron chi connectivity index (χ3n) is 2.16. The van der Waals surface area contributed by atoms with Crippen LogP contribution in [0.2, 0.25) is 0 Å². The summed E-state index contributed by atoms with van der Waals surface area (Å²) in [6.45, 7) is -0.907. The summed E-state index contributed by atoms with van der Waals surface area (Å²) < 4.78 is 14.4. The second-order valence-corrected chi connectivity index (χ2v) is 4.56. The van der Waals surface area contributed by atoms with Crippen LogP contribution in [-0.2, 0) is 13.9 Å². The van der Waals surface area contributed by atoms with Gasteiger partial charge in [0.05, 0.1) is 11.1 Å². The molecule has 96 valence electrons. The van der Waals surface area contributed by atoms with Gasteiger partial charge >= 0.3 is 7.82 Å². The largest absolute Gasteiger partial charge is 0.471 e. The zero-order valence-corrected chi connectivity index (χ0v) is 9.74. The van der Waals surface area contributed by atoms with E-state index in [0.717, 1.165) is 0 Å². The van der Waals surface area contributed by atoms with E-state index in [9.17, 15) is 14.2 Å². The maximum atomic E-state index is 11.7. The number of carbonyl (C=O) groups is 2. The fourth-order valence-electron chi connectivity index (χ4n) is 1.43. The van der Waals surface area contributed by atoms with Crippen molar-refractivity contribution in [2.45, 2.75) is 0 Å². The molecule has 9 heteroatoms. The first-order valence-electron chi connectivity index (χ1n) is 4.71. The molecule has 0 aromatic heterocycles. The smallest absolute Gasteiger partial charge is 0.303 e. The maximum Gasteiger partial charge on any atom is 0.471 e. The molecular formula is C9H8NO7P. The maximum absolute atomic E-state index is 11.7. The van der Waals surface area contributed by atoms with Gasteiger partial charge in [0.15, 0.2) is 6.79 Å². The second-order valence-electron chi connectivity index (χ2n) is 3.32. The molecule has 0 aliphatic carbocycles. The fraction of sp³-hybridized carbons (Fsp3) is 0.111. The zero-order valence-electron chi connectivity index (χ0n) is 8.85. The molecule has 0 unspecified atom stereocenters. The van der Waals surface area contributed by atoms with Gasteiger partial charge in [0.2, 0.25) is 0 Å². The highest BCUT2D eigenvalue weighted by molar-refractivity contribution is 7.46. The molecule has 1 aromatic rings. The second kappa shape index (κ2) is 4.60. The Kier molecular flexibility index (Phi) is 3.29. The van der Waals surface area contributed by atoms with Gasteiger partial charge in [0.1, 0.15) is 0 Å². The molecule has 2 N–H and O–H groups in total. The molecule has 0 radical (unpaired) electrons. The standard InChI is InChI=1S/C9H8NO7P/c11-8-6-3-1-2-4-7(6)9(12)10(8)16-5-17-18(13,14)15/h1-4H,5H2,(H2,13,14,15). The van der Waals surface area contributed by atoms with Crippen LogP contribution < -0.4 is 0 Å². The molecular weight excluding hydrogens is 265 g/mol. The summed E-state index contributed by atoms with van der Waals surface area (Å²) in [7, 11) is -4.71. The van der Waals surface area contributed by atoms with Crippen molar-refractivity contribution in [1.29, 1.82) is 0 Å². The number of hydroxylamine groups is 2. The minimum absolute atomic E-state index is 0.165. The molecule has 2 amide bonds. The summed E-state index contributed by atoms with van der Waals surface area (Å²) in [6.07, 6.45) is 0. The highest BCUT2D eigenvalue weighted by atomic mass is 31.2. The average Bonchev–Trinajstić information content (AvgIpc) is 2.53. The van der Waals surface area contributed by atoms with Crippen molar-refractivity contribution in [3.63, 3.8) is 0 Å². The van der Waals surface area contributed by atoms with Crippen LogP contribution in [0.5, 0.6) is 0 Å². The summed E-state index contributed by atoms with van der Waals surface area (Å²) >= 11 is 0. The summed E-state index contributed by atoms with van der Waals surface area (Å²) in [5.74, 6) is -1.41. The van der Waals surface area contributed by atoms with E-state index in [1.165, 1.54) is 12.1 Å². The lowest BCUT2D eigenvalue weighted by atomic mass is 10.1. The van der Waals surface area contributed by atoms with Crippen LogP contribution >= 0.6 is 7.82 Å². The fourth-order valence-corrected chi connectivity index (χ4v) is 1.61. The molecule has 0 atom stereocenters. The first-order chi connectivity index (χ1) is 8.40. The molecule has 0 saturated carbocycles. The Morgan fingerprint density at radius 2 is 1.61 bits per heavy atom. The Morgan fingerprint density at radius 1 is 1.11 bits per heavy atom. The molecule has 18 heavy (non-hydrogen) atoms. The first kappa shape index (κ1) is 12.9. The molecule has 0 bridgehead atoms. The first-order valence-corrected chi connectivity index (χ1v) is 6.24. The number of hydrogen-bond donors (Lipinski definition) is 2. The Hall–Kier alpha value is -1.57. The van der Waals surface area contributed by atoms with Crippen molar-refractivity contribution in [3.05, 3.63) is 35.4 Å². The number of rotatable bonds is 4. The summed E-state index contributed by atoms with van der Waals surface area (Å²) in [4.78, 5) is 44.8. The van der Waals surface area contributed by atoms with Gasteiger partial charge in [0, 0.05) is 0 Å². The van der Waals surface area contributed by atoms with Crippen LogP contribution in [0.25, 0.3) is 0 Å². The van der Waals surface area contributed by atoms with Gasteiger partial charge in [-0.1, -0.05) is 12.1 Å². The number of amides is 2. The Balaban J connectivity index is 2.07. The summed E-state index contributed by atoms with van der Waals surface area (Å²) in [5, 5.41) is 0.403. The number of phosphoric acid groups is 1. The van der Waals surface area contributed by atoms with Gasteiger partial charge in [0.25, 0.3) is 11.8 Å². The molecule has 1 aromatic carbocycles. The molecule has 0 saturated heterocycles. The molecule has 0 spiro atoms. The van der Waals surface area contributed by atoms with Crippen molar-refractivity contribution >= 4 is 19.6 Å². The molecule has 1 heterocycles. The van der Waals surface area contributed by atoms with E-state index < -0.39 is 26.4 Å². The number of phosphoric ester groups is 1. The highest BCUT2D eigenvalue weighted by Crippen LogP contribution is 2.35. The van der Waals surface area contributed by atoms with Crippen LogP contribution in [0, 0.1) is 0 Å². The lowest BCUT2D eigenvalue weighted by Gasteiger charge is -2.13. The lowest BCUT2D eigenvalue weighted by Crippen LogP contribution is -2.30. The van der Waals surface area contributed by atoms with Crippen LogP contribution in [0.4, 0.5) is 0 Å². The van der Waals surface area contributed by atoms with Gasteiger partial charge < -0.3 is 9.79 Å². The third kappa shape index (κ3) is 2.47. The third-order valence-corrected chi connectivity index (χ3v) is 2.60. The van der Waals surface area contributed by atoms with Crippen molar-refractivity contribution in [2.24, 2.45) is 0 Å². The van der Waals surface area contributed by atoms with Gasteiger partial charge in [-0.2, -0.15) is 0 Å². The van der Waals surface area contributed by atoms with Crippen LogP contribution in [-0.4, -0.2) is 33.5 Å². The van der Waals surface area contributed by atoms with Gasteiger partial charge in [-0.3, -0.25) is 14.1 Å². The number of benzene rings is 1. The Morgan fingerprint density at radius 3 is 2.06 bits per heavy atom.